The molecule has 4 nitrogen and oxygen atoms in total. The van der Waals surface area contributed by atoms with E-state index in [9.17, 15) is 0 Å². The second-order valence-corrected chi connectivity index (χ2v) is 6.24. The maximum absolute atomic E-state index is 4.10. The Bertz CT molecular complexity index is 731. The van der Waals surface area contributed by atoms with Crippen molar-refractivity contribution in [2.75, 3.05) is 7.05 Å². The number of rotatable bonds is 3. The van der Waals surface area contributed by atoms with Crippen LogP contribution in [0.15, 0.2) is 111 Å². The van der Waals surface area contributed by atoms with Crippen molar-refractivity contribution in [3.63, 3.8) is 0 Å². The van der Waals surface area contributed by atoms with Crippen LogP contribution in [0, 0.1) is 13.3 Å². The molecule has 0 bridgehead atoms. The van der Waals surface area contributed by atoms with Gasteiger partial charge in [-0.2, -0.15) is 20.5 Å². The Kier molecular flexibility index (Phi) is 45.0. The van der Waals surface area contributed by atoms with Crippen LogP contribution in [0.5, 0.6) is 0 Å². The van der Waals surface area contributed by atoms with Gasteiger partial charge in [0.1, 0.15) is 0 Å². The van der Waals surface area contributed by atoms with E-state index in [4.69, 9.17) is 0 Å². The summed E-state index contributed by atoms with van der Waals surface area (Å²) in [5.41, 5.74) is 2.65. The van der Waals surface area contributed by atoms with Gasteiger partial charge in [-0.05, 0) is 42.3 Å². The first kappa shape index (κ1) is 43.1. The number of nitrogens with zero attached hydrogens (tertiary/aromatic N) is 4. The molecule has 0 aliphatic heterocycles. The fraction of sp³-hybridized carbons (Fsp3) is 0.367. The summed E-state index contributed by atoms with van der Waals surface area (Å²) < 4.78 is 0. The van der Waals surface area contributed by atoms with Gasteiger partial charge in [-0.15, -0.1) is 0 Å². The second-order valence-electron chi connectivity index (χ2n) is 6.24. The third kappa shape index (κ3) is 32.0. The third-order valence-electron chi connectivity index (χ3n) is 2.76. The second kappa shape index (κ2) is 36.5. The molecule has 1 radical (unpaired) electrons. The van der Waals surface area contributed by atoms with Crippen LogP contribution in [0.3, 0.4) is 0 Å². The van der Waals surface area contributed by atoms with Crippen LogP contribution >= 0.6 is 0 Å². The van der Waals surface area contributed by atoms with Gasteiger partial charge in [0.05, 0.1) is 17.1 Å². The van der Waals surface area contributed by atoms with Crippen molar-refractivity contribution >= 4 is 17.1 Å². The molecular weight excluding hydrogens is 505 g/mol. The topological polar surface area (TPSA) is 49.4 Å². The van der Waals surface area contributed by atoms with Gasteiger partial charge >= 0.3 is 0 Å². The monoisotopic (exact) mass is 554 g/mol. The molecule has 3 aromatic rings. The first-order valence-electron chi connectivity index (χ1n) is 12.0. The van der Waals surface area contributed by atoms with Gasteiger partial charge < -0.3 is 7.43 Å². The van der Waals surface area contributed by atoms with Gasteiger partial charge in [-0.1, -0.05) is 117 Å². The predicted octanol–water partition coefficient (Wildman–Crippen LogP) is 11.7. The van der Waals surface area contributed by atoms with Crippen molar-refractivity contribution in [1.82, 2.24) is 0 Å². The summed E-state index contributed by atoms with van der Waals surface area (Å²) in [6, 6.07) is 29.0. The van der Waals surface area contributed by atoms with Crippen LogP contribution in [0.25, 0.3) is 0 Å². The largest absolute Gasteiger partial charge is 0.358 e. The summed E-state index contributed by atoms with van der Waals surface area (Å²) in [5.74, 6) is 0.833. The Balaban J connectivity index is -0.000000125. The molecule has 0 aliphatic carbocycles. The third-order valence-corrected chi connectivity index (χ3v) is 2.76. The molecule has 193 valence electrons. The van der Waals surface area contributed by atoms with Crippen LogP contribution in [-0.4, -0.2) is 7.05 Å². The van der Waals surface area contributed by atoms with Crippen molar-refractivity contribution in [3.05, 3.63) is 98.4 Å². The van der Waals surface area contributed by atoms with Crippen LogP contribution in [0.1, 0.15) is 62.3 Å². The van der Waals surface area contributed by atoms with Crippen molar-refractivity contribution in [3.8, 4) is 0 Å². The van der Waals surface area contributed by atoms with Crippen molar-refractivity contribution in [2.45, 2.75) is 62.3 Å². The number of azo groups is 2. The van der Waals surface area contributed by atoms with E-state index < -0.39 is 0 Å². The van der Waals surface area contributed by atoms with E-state index in [1.807, 2.05) is 133 Å². The SMILES string of the molecule is CC.CC.CC.CC(C)C.CN=Nc1ccccc1.[CH3-].[Y].c1ccc(N=Nc2ccccc2)cc1. The number of hydrogen-bond donors (Lipinski definition) is 0. The number of benzene rings is 3. The quantitative estimate of drug-likeness (QED) is 0.228. The minimum Gasteiger partial charge on any atom is -0.358 e. The fourth-order valence-electron chi connectivity index (χ4n) is 1.71. The van der Waals surface area contributed by atoms with Gasteiger partial charge in [0.2, 0.25) is 0 Å². The van der Waals surface area contributed by atoms with Crippen molar-refractivity contribution in [1.29, 1.82) is 0 Å². The Labute approximate surface area is 242 Å². The summed E-state index contributed by atoms with van der Waals surface area (Å²) in [7, 11) is 1.66. The summed E-state index contributed by atoms with van der Waals surface area (Å²) in [6.45, 7) is 18.5. The summed E-state index contributed by atoms with van der Waals surface area (Å²) in [6.07, 6.45) is 0. The van der Waals surface area contributed by atoms with E-state index in [0.717, 1.165) is 23.0 Å². The molecule has 0 amide bonds. The molecule has 0 heterocycles. The van der Waals surface area contributed by atoms with Crippen LogP contribution < -0.4 is 0 Å². The molecule has 0 atom stereocenters. The van der Waals surface area contributed by atoms with Gasteiger partial charge in [-0.25, -0.2) is 0 Å². The maximum Gasteiger partial charge on any atom is 0.0857 e. The Hall–Kier alpha value is -2.04. The smallest absolute Gasteiger partial charge is 0.0857 e. The van der Waals surface area contributed by atoms with Gasteiger partial charge in [-0.3, -0.25) is 0 Å². The molecule has 0 saturated carbocycles. The molecule has 5 heteroatoms. The average molecular weight is 555 g/mol. The predicted molar refractivity (Wildman–Crippen MR) is 155 cm³/mol. The van der Waals surface area contributed by atoms with Crippen LogP contribution in [0.2, 0.25) is 0 Å². The van der Waals surface area contributed by atoms with Gasteiger partial charge in [0, 0.05) is 39.8 Å². The normalized spacial score (nSPS) is 8.43. The van der Waals surface area contributed by atoms with E-state index in [2.05, 4.69) is 41.2 Å². The fourth-order valence-corrected chi connectivity index (χ4v) is 1.71. The average Bonchev–Trinajstić information content (AvgIpc) is 2.89. The van der Waals surface area contributed by atoms with E-state index in [0.29, 0.717) is 0 Å². The summed E-state index contributed by atoms with van der Waals surface area (Å²) in [5, 5.41) is 15.7. The summed E-state index contributed by atoms with van der Waals surface area (Å²) in [4.78, 5) is 0. The zero-order valence-electron chi connectivity index (χ0n) is 24.1. The molecule has 3 rings (SSSR count). The molecular formula is C30H49N4Y-. The Morgan fingerprint density at radius 3 is 0.857 bits per heavy atom. The van der Waals surface area contributed by atoms with Gasteiger partial charge in [0.25, 0.3) is 0 Å². The van der Waals surface area contributed by atoms with Crippen LogP contribution in [-0.2, 0) is 32.7 Å². The standard InChI is InChI=1S/C12H10N2.C7H8N2.C4H10.3C2H6.CH3.Y/c1-3-7-11(8-4-1)13-14-12-9-5-2-6-10-12;1-8-9-7-5-3-2-4-6-7;1-4(2)3;3*1-2;;/h1-10H;2-6H,1H3;4H,1-3H3;3*1-2H3;1H3;/q;;;;;;-1;. The number of hydrogen-bond acceptors (Lipinski definition) is 4. The maximum atomic E-state index is 4.10. The van der Waals surface area contributed by atoms with Crippen molar-refractivity contribution < 1.29 is 32.7 Å². The first-order valence-corrected chi connectivity index (χ1v) is 12.0. The minimum absolute atomic E-state index is 0. The Morgan fingerprint density at radius 1 is 0.457 bits per heavy atom. The van der Waals surface area contributed by atoms with Crippen LogP contribution in [0.4, 0.5) is 17.1 Å². The molecule has 0 saturated heterocycles. The Morgan fingerprint density at radius 2 is 0.657 bits per heavy atom. The van der Waals surface area contributed by atoms with E-state index >= 15 is 0 Å². The molecule has 0 spiro atoms. The molecule has 0 unspecified atom stereocenters. The van der Waals surface area contributed by atoms with Crippen molar-refractivity contribution in [2.24, 2.45) is 26.4 Å². The van der Waals surface area contributed by atoms with Gasteiger partial charge in [0.15, 0.2) is 0 Å². The summed E-state index contributed by atoms with van der Waals surface area (Å²) >= 11 is 0. The van der Waals surface area contributed by atoms with E-state index in [1.54, 1.807) is 7.05 Å². The molecule has 0 aromatic heterocycles. The van der Waals surface area contributed by atoms with E-state index in [1.165, 1.54) is 0 Å². The minimum atomic E-state index is 0. The molecule has 0 aliphatic rings. The molecule has 35 heavy (non-hydrogen) atoms. The first-order chi connectivity index (χ1) is 16.1. The zero-order chi connectivity index (χ0) is 25.7. The molecule has 0 fully saturated rings. The molecule has 3 aromatic carbocycles. The zero-order valence-corrected chi connectivity index (χ0v) is 26.9. The molecule has 0 N–H and O–H groups in total. The van der Waals surface area contributed by atoms with E-state index in [-0.39, 0.29) is 40.1 Å².